The van der Waals surface area contributed by atoms with E-state index >= 15 is 0 Å². The third-order valence-corrected chi connectivity index (χ3v) is 5.97. The van der Waals surface area contributed by atoms with Crippen LogP contribution in [0.1, 0.15) is 38.6 Å². The van der Waals surface area contributed by atoms with E-state index < -0.39 is 0 Å². The number of hydrogen-bond donors (Lipinski definition) is 1. The zero-order valence-electron chi connectivity index (χ0n) is 16.6. The second kappa shape index (κ2) is 7.14. The molecular weight excluding hydrogens is 384 g/mol. The SMILES string of the molecule is Cc1nc2cnc(Nc3ccnc(-c4cnn(SC5CC5)c4)n3)cc2n1C(C)C. The average molecular weight is 407 g/mol. The molecule has 4 aromatic rings. The molecule has 1 aliphatic rings. The molecule has 4 aromatic heterocycles. The number of aromatic nitrogens is 7. The number of imidazole rings is 1. The highest BCUT2D eigenvalue weighted by atomic mass is 32.2. The third-order valence-electron chi connectivity index (χ3n) is 4.78. The second-order valence-corrected chi connectivity index (χ2v) is 8.76. The molecule has 0 aliphatic heterocycles. The van der Waals surface area contributed by atoms with Crippen LogP contribution in [-0.2, 0) is 0 Å². The van der Waals surface area contributed by atoms with Crippen LogP contribution >= 0.6 is 11.9 Å². The number of anilines is 2. The molecule has 0 radical (unpaired) electrons. The minimum atomic E-state index is 0.325. The zero-order valence-corrected chi connectivity index (χ0v) is 17.4. The Morgan fingerprint density at radius 1 is 1.14 bits per heavy atom. The molecule has 8 nitrogen and oxygen atoms in total. The summed E-state index contributed by atoms with van der Waals surface area (Å²) in [4.78, 5) is 18.1. The topological polar surface area (TPSA) is 86.3 Å². The van der Waals surface area contributed by atoms with Gasteiger partial charge in [-0.15, -0.1) is 0 Å². The summed E-state index contributed by atoms with van der Waals surface area (Å²) < 4.78 is 4.11. The van der Waals surface area contributed by atoms with Crippen molar-refractivity contribution in [3.05, 3.63) is 42.7 Å². The number of fused-ring (bicyclic) bond motifs is 1. The van der Waals surface area contributed by atoms with E-state index in [-0.39, 0.29) is 0 Å². The Labute approximate surface area is 172 Å². The Bertz CT molecular complexity index is 1170. The van der Waals surface area contributed by atoms with Crippen LogP contribution in [0.3, 0.4) is 0 Å². The highest BCUT2D eigenvalue weighted by Gasteiger charge is 2.23. The smallest absolute Gasteiger partial charge is 0.164 e. The van der Waals surface area contributed by atoms with E-state index in [1.54, 1.807) is 24.3 Å². The maximum absolute atomic E-state index is 4.64. The Balaban J connectivity index is 1.41. The summed E-state index contributed by atoms with van der Waals surface area (Å²) >= 11 is 1.75. The molecule has 0 atom stereocenters. The summed E-state index contributed by atoms with van der Waals surface area (Å²) in [5.74, 6) is 3.04. The van der Waals surface area contributed by atoms with Crippen molar-refractivity contribution in [3.63, 3.8) is 0 Å². The lowest BCUT2D eigenvalue weighted by Crippen LogP contribution is -2.03. The molecule has 0 spiro atoms. The van der Waals surface area contributed by atoms with E-state index in [1.807, 2.05) is 35.5 Å². The second-order valence-electron chi connectivity index (χ2n) is 7.51. The number of nitrogens with one attached hydrogen (secondary N) is 1. The van der Waals surface area contributed by atoms with E-state index in [2.05, 4.69) is 48.8 Å². The zero-order chi connectivity index (χ0) is 20.0. The van der Waals surface area contributed by atoms with Crippen LogP contribution < -0.4 is 5.32 Å². The van der Waals surface area contributed by atoms with Gasteiger partial charge in [-0.3, -0.25) is 0 Å². The van der Waals surface area contributed by atoms with Gasteiger partial charge >= 0.3 is 0 Å². The standard InChI is InChI=1S/C20H22N8S/c1-12(2)28-13(3)24-16-10-22-19(8-17(16)28)25-18-6-7-21-20(26-18)14-9-23-27(11-14)29-15-4-5-15/h6-12,15H,4-5H2,1-3H3,(H,21,22,25,26). The minimum absolute atomic E-state index is 0.325. The Hall–Kier alpha value is -2.94. The van der Waals surface area contributed by atoms with Gasteiger partial charge < -0.3 is 9.88 Å². The fourth-order valence-corrected chi connectivity index (χ4v) is 4.27. The molecule has 0 bridgehead atoms. The van der Waals surface area contributed by atoms with E-state index in [0.717, 1.165) is 28.2 Å². The molecule has 148 valence electrons. The molecule has 9 heteroatoms. The summed E-state index contributed by atoms with van der Waals surface area (Å²) in [5, 5.41) is 8.40. The average Bonchev–Trinajstić information content (AvgIpc) is 3.26. The Morgan fingerprint density at radius 3 is 2.79 bits per heavy atom. The minimum Gasteiger partial charge on any atom is -0.326 e. The Kier molecular flexibility index (Phi) is 4.46. The van der Waals surface area contributed by atoms with Gasteiger partial charge in [-0.25, -0.2) is 24.0 Å². The van der Waals surface area contributed by atoms with E-state index in [1.165, 1.54) is 12.8 Å². The van der Waals surface area contributed by atoms with Crippen molar-refractivity contribution < 1.29 is 0 Å². The number of nitrogens with zero attached hydrogens (tertiary/aromatic N) is 7. The van der Waals surface area contributed by atoms with Crippen molar-refractivity contribution in [3.8, 4) is 11.4 Å². The first-order valence-corrected chi connectivity index (χ1v) is 10.6. The van der Waals surface area contributed by atoms with Gasteiger partial charge in [0, 0.05) is 29.8 Å². The maximum Gasteiger partial charge on any atom is 0.164 e. The summed E-state index contributed by atoms with van der Waals surface area (Å²) in [6, 6.07) is 4.18. The van der Waals surface area contributed by atoms with Gasteiger partial charge in [0.2, 0.25) is 0 Å². The molecule has 0 aromatic carbocycles. The summed E-state index contributed by atoms with van der Waals surface area (Å²) in [5.41, 5.74) is 2.85. The quantitative estimate of drug-likeness (QED) is 0.508. The molecule has 4 heterocycles. The number of rotatable bonds is 6. The Morgan fingerprint density at radius 2 is 2.00 bits per heavy atom. The van der Waals surface area contributed by atoms with Crippen molar-refractivity contribution >= 4 is 34.6 Å². The van der Waals surface area contributed by atoms with Crippen molar-refractivity contribution in [1.29, 1.82) is 0 Å². The van der Waals surface area contributed by atoms with Gasteiger partial charge in [-0.05, 0) is 51.6 Å². The van der Waals surface area contributed by atoms with Crippen LogP contribution in [0.2, 0.25) is 0 Å². The monoisotopic (exact) mass is 406 g/mol. The van der Waals surface area contributed by atoms with E-state index in [0.29, 0.717) is 22.9 Å². The van der Waals surface area contributed by atoms with Crippen LogP contribution in [0.5, 0.6) is 0 Å². The van der Waals surface area contributed by atoms with Crippen LogP contribution in [0.25, 0.3) is 22.4 Å². The largest absolute Gasteiger partial charge is 0.326 e. The first kappa shape index (κ1) is 18.1. The van der Waals surface area contributed by atoms with Gasteiger partial charge in [0.15, 0.2) is 5.82 Å². The first-order valence-electron chi connectivity index (χ1n) is 9.73. The fourth-order valence-electron chi connectivity index (χ4n) is 3.34. The molecule has 1 fully saturated rings. The summed E-state index contributed by atoms with van der Waals surface area (Å²) in [7, 11) is 0. The molecular formula is C20H22N8S. The molecule has 1 saturated carbocycles. The van der Waals surface area contributed by atoms with Crippen molar-refractivity contribution in [1.82, 2.24) is 33.7 Å². The summed E-state index contributed by atoms with van der Waals surface area (Å²) in [6.07, 6.45) is 9.87. The number of pyridine rings is 1. The van der Waals surface area contributed by atoms with Crippen molar-refractivity contribution in [2.45, 2.75) is 44.9 Å². The third kappa shape index (κ3) is 3.69. The summed E-state index contributed by atoms with van der Waals surface area (Å²) in [6.45, 7) is 6.32. The fraction of sp³-hybridized carbons (Fsp3) is 0.350. The van der Waals surface area contributed by atoms with E-state index in [9.17, 15) is 0 Å². The molecule has 29 heavy (non-hydrogen) atoms. The van der Waals surface area contributed by atoms with Crippen molar-refractivity contribution in [2.24, 2.45) is 0 Å². The van der Waals surface area contributed by atoms with Gasteiger partial charge in [-0.2, -0.15) is 5.10 Å². The molecule has 0 saturated heterocycles. The van der Waals surface area contributed by atoms with Crippen molar-refractivity contribution in [2.75, 3.05) is 5.32 Å². The lowest BCUT2D eigenvalue weighted by Gasteiger charge is -2.11. The predicted octanol–water partition coefficient (Wildman–Crippen LogP) is 4.38. The molecule has 1 aliphatic carbocycles. The van der Waals surface area contributed by atoms with Crippen LogP contribution in [0, 0.1) is 6.92 Å². The van der Waals surface area contributed by atoms with Crippen LogP contribution in [-0.4, -0.2) is 38.9 Å². The van der Waals surface area contributed by atoms with Crippen LogP contribution in [0.15, 0.2) is 36.9 Å². The lowest BCUT2D eigenvalue weighted by molar-refractivity contribution is 0.600. The van der Waals surface area contributed by atoms with E-state index in [4.69, 9.17) is 0 Å². The molecule has 1 N–H and O–H groups in total. The maximum atomic E-state index is 4.64. The van der Waals surface area contributed by atoms with Crippen LogP contribution in [0.4, 0.5) is 11.6 Å². The number of aryl methyl sites for hydroxylation is 1. The normalized spacial score (nSPS) is 14.1. The highest BCUT2D eigenvalue weighted by molar-refractivity contribution is 7.98. The first-order chi connectivity index (χ1) is 14.1. The van der Waals surface area contributed by atoms with Gasteiger partial charge in [0.05, 0.1) is 23.5 Å². The highest BCUT2D eigenvalue weighted by Crippen LogP contribution is 2.35. The van der Waals surface area contributed by atoms with Gasteiger partial charge in [0.25, 0.3) is 0 Å². The number of hydrogen-bond acceptors (Lipinski definition) is 7. The molecule has 5 rings (SSSR count). The molecule has 0 amide bonds. The molecule has 0 unspecified atom stereocenters. The van der Waals surface area contributed by atoms with Gasteiger partial charge in [0.1, 0.15) is 23.0 Å². The lowest BCUT2D eigenvalue weighted by atomic mass is 10.3. The predicted molar refractivity (Wildman–Crippen MR) is 115 cm³/mol. The van der Waals surface area contributed by atoms with Gasteiger partial charge in [-0.1, -0.05) is 0 Å².